The van der Waals surface area contributed by atoms with Gasteiger partial charge in [0.15, 0.2) is 0 Å². The van der Waals surface area contributed by atoms with Gasteiger partial charge in [-0.15, -0.1) is 11.3 Å². The van der Waals surface area contributed by atoms with Gasteiger partial charge in [-0.05, 0) is 37.8 Å². The molecule has 21 heavy (non-hydrogen) atoms. The number of nitro groups is 1. The average Bonchev–Trinajstić information content (AvgIpc) is 2.77. The van der Waals surface area contributed by atoms with Crippen LogP contribution >= 0.6 is 23.1 Å². The van der Waals surface area contributed by atoms with Crippen LogP contribution in [-0.4, -0.2) is 27.5 Å². The van der Waals surface area contributed by atoms with E-state index < -0.39 is 0 Å². The second-order valence-corrected chi connectivity index (χ2v) is 7.49. The maximum atomic E-state index is 11.3. The molecule has 1 atom stereocenters. The van der Waals surface area contributed by atoms with Crippen molar-refractivity contribution in [3.63, 3.8) is 0 Å². The number of aryl methyl sites for hydroxylation is 1. The van der Waals surface area contributed by atoms with Crippen molar-refractivity contribution in [2.45, 2.75) is 33.2 Å². The second kappa shape index (κ2) is 7.09. The molecule has 0 fully saturated rings. The Morgan fingerprint density at radius 1 is 1.52 bits per heavy atom. The smallest absolute Gasteiger partial charge is 0.293 e. The summed E-state index contributed by atoms with van der Waals surface area (Å²) >= 11 is 3.36. The standard InChI is InChI=1S/C14H19N3O2S2/c1-4-20-6-5-9(2)15-11-7-12-14(21-10(3)16-12)8-13(11)17(18)19/h7-9,15H,4-6H2,1-3H3. The highest BCUT2D eigenvalue weighted by atomic mass is 32.2. The van der Waals surface area contributed by atoms with Crippen LogP contribution in [0.5, 0.6) is 0 Å². The van der Waals surface area contributed by atoms with Crippen molar-refractivity contribution in [3.8, 4) is 0 Å². The molecule has 0 bridgehead atoms. The van der Waals surface area contributed by atoms with E-state index in [9.17, 15) is 10.1 Å². The minimum absolute atomic E-state index is 0.126. The zero-order valence-electron chi connectivity index (χ0n) is 12.4. The predicted octanol–water partition coefficient (Wildman–Crippen LogP) is 4.46. The Kier molecular flexibility index (Phi) is 5.41. The first kappa shape index (κ1) is 16.0. The van der Waals surface area contributed by atoms with E-state index in [1.807, 2.05) is 18.7 Å². The van der Waals surface area contributed by atoms with Crippen LogP contribution in [0.1, 0.15) is 25.3 Å². The summed E-state index contributed by atoms with van der Waals surface area (Å²) in [6.07, 6.45) is 0.976. The largest absolute Gasteiger partial charge is 0.377 e. The topological polar surface area (TPSA) is 68.1 Å². The Balaban J connectivity index is 2.23. The first-order valence-corrected chi connectivity index (χ1v) is 8.88. The number of benzene rings is 1. The van der Waals surface area contributed by atoms with Crippen molar-refractivity contribution in [3.05, 3.63) is 27.3 Å². The molecular weight excluding hydrogens is 306 g/mol. The van der Waals surface area contributed by atoms with Gasteiger partial charge in [-0.2, -0.15) is 11.8 Å². The molecule has 1 heterocycles. The van der Waals surface area contributed by atoms with Gasteiger partial charge in [-0.25, -0.2) is 4.98 Å². The summed E-state index contributed by atoms with van der Waals surface area (Å²) in [5.74, 6) is 2.15. The molecule has 0 amide bonds. The number of aromatic nitrogens is 1. The lowest BCUT2D eigenvalue weighted by Gasteiger charge is -2.15. The Morgan fingerprint density at radius 2 is 2.29 bits per heavy atom. The number of thiazole rings is 1. The number of hydrogen-bond acceptors (Lipinski definition) is 6. The van der Waals surface area contributed by atoms with Crippen LogP contribution in [0.15, 0.2) is 12.1 Å². The third kappa shape index (κ3) is 4.07. The number of hydrogen-bond donors (Lipinski definition) is 1. The molecular formula is C14H19N3O2S2. The van der Waals surface area contributed by atoms with E-state index in [0.29, 0.717) is 5.69 Å². The summed E-state index contributed by atoms with van der Waals surface area (Å²) in [5, 5.41) is 15.4. The molecule has 2 rings (SSSR count). The van der Waals surface area contributed by atoms with Gasteiger partial charge in [-0.3, -0.25) is 10.1 Å². The maximum absolute atomic E-state index is 11.3. The molecule has 0 aliphatic heterocycles. The summed E-state index contributed by atoms with van der Waals surface area (Å²) in [6, 6.07) is 3.61. The van der Waals surface area contributed by atoms with Crippen molar-refractivity contribution in [1.29, 1.82) is 0 Å². The van der Waals surface area contributed by atoms with Crippen LogP contribution in [0.2, 0.25) is 0 Å². The molecule has 0 radical (unpaired) electrons. The van der Waals surface area contributed by atoms with Crippen LogP contribution in [-0.2, 0) is 0 Å². The highest BCUT2D eigenvalue weighted by molar-refractivity contribution is 7.99. The van der Waals surface area contributed by atoms with Crippen molar-refractivity contribution in [2.75, 3.05) is 16.8 Å². The third-order valence-corrected chi connectivity index (χ3v) is 4.98. The second-order valence-electron chi connectivity index (χ2n) is 4.86. The van der Waals surface area contributed by atoms with Gasteiger partial charge in [0.05, 0.1) is 20.1 Å². The molecule has 114 valence electrons. The number of fused-ring (bicyclic) bond motifs is 1. The van der Waals surface area contributed by atoms with Crippen molar-refractivity contribution in [2.24, 2.45) is 0 Å². The quantitative estimate of drug-likeness (QED) is 0.462. The monoisotopic (exact) mass is 325 g/mol. The van der Waals surface area contributed by atoms with E-state index in [1.165, 1.54) is 11.3 Å². The molecule has 0 saturated heterocycles. The number of anilines is 1. The van der Waals surface area contributed by atoms with Crippen LogP contribution < -0.4 is 5.32 Å². The third-order valence-electron chi connectivity index (χ3n) is 3.11. The molecule has 7 heteroatoms. The Labute approximate surface area is 132 Å². The Morgan fingerprint density at radius 3 is 2.95 bits per heavy atom. The van der Waals surface area contributed by atoms with Gasteiger partial charge in [0.2, 0.25) is 0 Å². The number of nitrogens with zero attached hydrogens (tertiary/aromatic N) is 2. The fourth-order valence-electron chi connectivity index (χ4n) is 2.09. The van der Waals surface area contributed by atoms with E-state index >= 15 is 0 Å². The molecule has 0 aliphatic carbocycles. The summed E-state index contributed by atoms with van der Waals surface area (Å²) in [5.41, 5.74) is 1.51. The van der Waals surface area contributed by atoms with E-state index in [2.05, 4.69) is 24.1 Å². The molecule has 0 saturated carbocycles. The fourth-order valence-corrected chi connectivity index (χ4v) is 3.74. The van der Waals surface area contributed by atoms with Crippen molar-refractivity contribution < 1.29 is 4.92 Å². The van der Waals surface area contributed by atoms with E-state index in [0.717, 1.165) is 33.2 Å². The number of thioether (sulfide) groups is 1. The number of nitrogens with one attached hydrogen (secondary N) is 1. The number of nitro benzene ring substituents is 1. The lowest BCUT2D eigenvalue weighted by Crippen LogP contribution is -2.17. The minimum Gasteiger partial charge on any atom is -0.377 e. The Hall–Kier alpha value is -1.34. The summed E-state index contributed by atoms with van der Waals surface area (Å²) in [6.45, 7) is 6.09. The summed E-state index contributed by atoms with van der Waals surface area (Å²) < 4.78 is 0.860. The Bertz CT molecular complexity index is 642. The minimum atomic E-state index is -0.329. The van der Waals surface area contributed by atoms with E-state index in [4.69, 9.17) is 0 Å². The molecule has 2 aromatic rings. The van der Waals surface area contributed by atoms with Crippen LogP contribution in [0, 0.1) is 17.0 Å². The zero-order chi connectivity index (χ0) is 15.4. The van der Waals surface area contributed by atoms with Gasteiger partial charge >= 0.3 is 0 Å². The first-order valence-electron chi connectivity index (χ1n) is 6.91. The summed E-state index contributed by atoms with van der Waals surface area (Å²) in [7, 11) is 0. The normalized spacial score (nSPS) is 12.5. The average molecular weight is 325 g/mol. The summed E-state index contributed by atoms with van der Waals surface area (Å²) in [4.78, 5) is 15.3. The highest BCUT2D eigenvalue weighted by Gasteiger charge is 2.18. The molecule has 1 N–H and O–H groups in total. The van der Waals surface area contributed by atoms with Gasteiger partial charge in [0.25, 0.3) is 5.69 Å². The van der Waals surface area contributed by atoms with E-state index in [-0.39, 0.29) is 16.7 Å². The molecule has 1 aromatic heterocycles. The van der Waals surface area contributed by atoms with E-state index in [1.54, 1.807) is 12.1 Å². The molecule has 1 aromatic carbocycles. The van der Waals surface area contributed by atoms with Gasteiger partial charge in [0.1, 0.15) is 5.69 Å². The van der Waals surface area contributed by atoms with Crippen LogP contribution in [0.25, 0.3) is 10.2 Å². The SMILES string of the molecule is CCSCCC(C)Nc1cc2nc(C)sc2cc1[N+](=O)[O-]. The molecule has 0 spiro atoms. The number of rotatable bonds is 7. The fraction of sp³-hybridized carbons (Fsp3) is 0.500. The molecule has 0 aliphatic rings. The van der Waals surface area contributed by atoms with Crippen molar-refractivity contribution >= 4 is 44.7 Å². The van der Waals surface area contributed by atoms with Crippen LogP contribution in [0.3, 0.4) is 0 Å². The lowest BCUT2D eigenvalue weighted by molar-refractivity contribution is -0.383. The lowest BCUT2D eigenvalue weighted by atomic mass is 10.2. The predicted molar refractivity (Wildman–Crippen MR) is 91.7 cm³/mol. The molecule has 1 unspecified atom stereocenters. The van der Waals surface area contributed by atoms with Crippen LogP contribution in [0.4, 0.5) is 11.4 Å². The highest BCUT2D eigenvalue weighted by Crippen LogP contribution is 2.33. The van der Waals surface area contributed by atoms with Gasteiger partial charge < -0.3 is 5.32 Å². The zero-order valence-corrected chi connectivity index (χ0v) is 14.0. The molecule has 5 nitrogen and oxygen atoms in total. The first-order chi connectivity index (χ1) is 10.0. The van der Waals surface area contributed by atoms with Gasteiger partial charge in [-0.1, -0.05) is 6.92 Å². The van der Waals surface area contributed by atoms with Crippen molar-refractivity contribution in [1.82, 2.24) is 4.98 Å². The van der Waals surface area contributed by atoms with Gasteiger partial charge in [0, 0.05) is 12.1 Å². The maximum Gasteiger partial charge on any atom is 0.293 e.